The van der Waals surface area contributed by atoms with Crippen LogP contribution in [0.15, 0.2) is 48.5 Å². The Morgan fingerprint density at radius 3 is 2.56 bits per heavy atom. The highest BCUT2D eigenvalue weighted by atomic mass is 16.5. The first-order valence-electron chi connectivity index (χ1n) is 8.43. The summed E-state index contributed by atoms with van der Waals surface area (Å²) in [6.07, 6.45) is -0.0215. The zero-order valence-electron chi connectivity index (χ0n) is 14.4. The van der Waals surface area contributed by atoms with E-state index in [1.807, 2.05) is 31.2 Å². The molecule has 130 valence electrons. The maximum atomic E-state index is 12.6. The highest BCUT2D eigenvalue weighted by Crippen LogP contribution is 2.28. The first kappa shape index (κ1) is 17.0. The number of carbonyl (C=O) groups excluding carboxylic acids is 2. The first-order valence-corrected chi connectivity index (χ1v) is 8.43. The minimum absolute atomic E-state index is 0.204. The summed E-state index contributed by atoms with van der Waals surface area (Å²) in [5, 5.41) is 0. The largest absolute Gasteiger partial charge is 0.494 e. The highest BCUT2D eigenvalue weighted by molar-refractivity contribution is 6.00. The fraction of sp³-hybridized carbons (Fsp3) is 0.300. The first-order chi connectivity index (χ1) is 12.1. The zero-order chi connectivity index (χ0) is 17.8. The van der Waals surface area contributed by atoms with Crippen LogP contribution < -0.4 is 9.64 Å². The van der Waals surface area contributed by atoms with Crippen molar-refractivity contribution < 1.29 is 19.1 Å². The number of para-hydroxylation sites is 1. The Bertz CT molecular complexity index is 770. The molecule has 3 rings (SSSR count). The van der Waals surface area contributed by atoms with Crippen molar-refractivity contribution in [3.05, 3.63) is 59.7 Å². The molecule has 1 heterocycles. The average Bonchev–Trinajstić information content (AvgIpc) is 3.06. The van der Waals surface area contributed by atoms with E-state index in [2.05, 4.69) is 0 Å². The van der Waals surface area contributed by atoms with Crippen LogP contribution in [-0.2, 0) is 16.0 Å². The molecule has 1 amide bonds. The van der Waals surface area contributed by atoms with Gasteiger partial charge in [0.1, 0.15) is 5.75 Å². The molecule has 2 aromatic carbocycles. The van der Waals surface area contributed by atoms with Crippen LogP contribution in [0.1, 0.15) is 29.8 Å². The Balaban J connectivity index is 1.64. The monoisotopic (exact) mass is 339 g/mol. The molecule has 0 aliphatic carbocycles. The van der Waals surface area contributed by atoms with Crippen molar-refractivity contribution in [1.82, 2.24) is 0 Å². The van der Waals surface area contributed by atoms with Gasteiger partial charge in [-0.15, -0.1) is 0 Å². The van der Waals surface area contributed by atoms with Gasteiger partial charge in [-0.2, -0.15) is 0 Å². The van der Waals surface area contributed by atoms with Crippen LogP contribution >= 0.6 is 0 Å². The van der Waals surface area contributed by atoms with Gasteiger partial charge in [-0.05, 0) is 56.2 Å². The topological polar surface area (TPSA) is 55.8 Å². The predicted molar refractivity (Wildman–Crippen MR) is 95.0 cm³/mol. The van der Waals surface area contributed by atoms with Crippen molar-refractivity contribution in [2.45, 2.75) is 26.4 Å². The van der Waals surface area contributed by atoms with Crippen molar-refractivity contribution in [2.24, 2.45) is 0 Å². The molecule has 0 radical (unpaired) electrons. The van der Waals surface area contributed by atoms with Crippen LogP contribution in [0.4, 0.5) is 5.69 Å². The number of hydrogen-bond donors (Lipinski definition) is 0. The van der Waals surface area contributed by atoms with Gasteiger partial charge in [0.25, 0.3) is 5.91 Å². The third kappa shape index (κ3) is 3.65. The van der Waals surface area contributed by atoms with E-state index in [0.717, 1.165) is 17.7 Å². The Hall–Kier alpha value is -2.82. The number of nitrogens with zero attached hydrogens (tertiary/aromatic N) is 1. The van der Waals surface area contributed by atoms with Crippen LogP contribution in [0, 0.1) is 0 Å². The van der Waals surface area contributed by atoms with Gasteiger partial charge in [0.15, 0.2) is 6.10 Å². The Morgan fingerprint density at radius 1 is 1.12 bits per heavy atom. The molecule has 0 bridgehead atoms. The van der Waals surface area contributed by atoms with E-state index in [-0.39, 0.29) is 5.91 Å². The van der Waals surface area contributed by atoms with E-state index in [4.69, 9.17) is 9.47 Å². The van der Waals surface area contributed by atoms with Gasteiger partial charge < -0.3 is 14.4 Å². The second kappa shape index (κ2) is 7.38. The maximum Gasteiger partial charge on any atom is 0.338 e. The number of fused-ring (bicyclic) bond motifs is 1. The summed E-state index contributed by atoms with van der Waals surface area (Å²) in [6.45, 7) is 4.68. The molecular weight excluding hydrogens is 318 g/mol. The van der Waals surface area contributed by atoms with Gasteiger partial charge in [0, 0.05) is 12.2 Å². The molecule has 1 aliphatic rings. The number of anilines is 1. The van der Waals surface area contributed by atoms with Gasteiger partial charge in [0.05, 0.1) is 12.2 Å². The lowest BCUT2D eigenvalue weighted by Gasteiger charge is -2.21. The molecule has 2 aromatic rings. The van der Waals surface area contributed by atoms with E-state index < -0.39 is 12.1 Å². The van der Waals surface area contributed by atoms with Crippen LogP contribution in [0.3, 0.4) is 0 Å². The smallest absolute Gasteiger partial charge is 0.338 e. The van der Waals surface area contributed by atoms with Crippen molar-refractivity contribution in [3.63, 3.8) is 0 Å². The van der Waals surface area contributed by atoms with E-state index in [9.17, 15) is 9.59 Å². The summed E-state index contributed by atoms with van der Waals surface area (Å²) in [6, 6.07) is 14.5. The van der Waals surface area contributed by atoms with Crippen LogP contribution in [0.2, 0.25) is 0 Å². The number of esters is 1. The van der Waals surface area contributed by atoms with Crippen LogP contribution in [0.5, 0.6) is 5.75 Å². The molecule has 0 aromatic heterocycles. The molecule has 5 heteroatoms. The fourth-order valence-electron chi connectivity index (χ4n) is 2.92. The van der Waals surface area contributed by atoms with Crippen molar-refractivity contribution in [2.75, 3.05) is 18.1 Å². The number of carbonyl (C=O) groups is 2. The van der Waals surface area contributed by atoms with Gasteiger partial charge in [0.2, 0.25) is 0 Å². The average molecular weight is 339 g/mol. The molecule has 25 heavy (non-hydrogen) atoms. The molecule has 0 unspecified atom stereocenters. The summed E-state index contributed by atoms with van der Waals surface area (Å²) in [5.41, 5.74) is 2.43. The number of rotatable bonds is 5. The Morgan fingerprint density at radius 2 is 1.84 bits per heavy atom. The van der Waals surface area contributed by atoms with Gasteiger partial charge >= 0.3 is 5.97 Å². The second-order valence-corrected chi connectivity index (χ2v) is 5.87. The lowest BCUT2D eigenvalue weighted by Crippen LogP contribution is -2.39. The lowest BCUT2D eigenvalue weighted by atomic mass is 10.2. The Kier molecular flexibility index (Phi) is 5.03. The highest BCUT2D eigenvalue weighted by Gasteiger charge is 2.29. The van der Waals surface area contributed by atoms with E-state index in [1.165, 1.54) is 0 Å². The van der Waals surface area contributed by atoms with Gasteiger partial charge in [-0.3, -0.25) is 4.79 Å². The molecule has 1 aliphatic heterocycles. The normalized spacial score (nSPS) is 13.9. The molecule has 0 saturated carbocycles. The summed E-state index contributed by atoms with van der Waals surface area (Å²) in [7, 11) is 0. The third-order valence-corrected chi connectivity index (χ3v) is 4.19. The van der Waals surface area contributed by atoms with E-state index in [0.29, 0.717) is 24.5 Å². The van der Waals surface area contributed by atoms with Crippen molar-refractivity contribution in [3.8, 4) is 5.75 Å². The van der Waals surface area contributed by atoms with Gasteiger partial charge in [-0.1, -0.05) is 18.2 Å². The minimum Gasteiger partial charge on any atom is -0.494 e. The van der Waals surface area contributed by atoms with Crippen LogP contribution in [0.25, 0.3) is 0 Å². The number of benzene rings is 2. The van der Waals surface area contributed by atoms with Crippen LogP contribution in [-0.4, -0.2) is 31.1 Å². The summed E-state index contributed by atoms with van der Waals surface area (Å²) in [4.78, 5) is 26.6. The minimum atomic E-state index is -0.842. The predicted octanol–water partition coefficient (Wildman–Crippen LogP) is 3.22. The molecule has 5 nitrogen and oxygen atoms in total. The van der Waals surface area contributed by atoms with Crippen molar-refractivity contribution in [1.29, 1.82) is 0 Å². The SMILES string of the molecule is CCOc1ccc(C(=O)O[C@H](C)C(=O)N2CCc3ccccc32)cc1. The van der Waals surface area contributed by atoms with E-state index in [1.54, 1.807) is 36.1 Å². The number of hydrogen-bond acceptors (Lipinski definition) is 4. The van der Waals surface area contributed by atoms with E-state index >= 15 is 0 Å². The Labute approximate surface area is 147 Å². The maximum absolute atomic E-state index is 12.6. The lowest BCUT2D eigenvalue weighted by molar-refractivity contribution is -0.126. The molecule has 0 fully saturated rings. The number of amides is 1. The van der Waals surface area contributed by atoms with Crippen molar-refractivity contribution >= 4 is 17.6 Å². The molecular formula is C20H21NO4. The fourth-order valence-corrected chi connectivity index (χ4v) is 2.92. The summed E-state index contributed by atoms with van der Waals surface area (Å²) < 4.78 is 10.7. The summed E-state index contributed by atoms with van der Waals surface area (Å²) in [5.74, 6) is -0.0301. The molecule has 1 atom stereocenters. The standard InChI is InChI=1S/C20H21NO4/c1-3-24-17-10-8-16(9-11-17)20(23)25-14(2)19(22)21-13-12-15-6-4-5-7-18(15)21/h4-11,14H,3,12-13H2,1-2H3/t14-/m1/s1. The quantitative estimate of drug-likeness (QED) is 0.785. The van der Waals surface area contributed by atoms with Gasteiger partial charge in [-0.25, -0.2) is 4.79 Å². The summed E-state index contributed by atoms with van der Waals surface area (Å²) >= 11 is 0. The molecule has 0 N–H and O–H groups in total. The molecule has 0 saturated heterocycles. The zero-order valence-corrected chi connectivity index (χ0v) is 14.4. The number of ether oxygens (including phenoxy) is 2. The second-order valence-electron chi connectivity index (χ2n) is 5.87. The molecule has 0 spiro atoms. The third-order valence-electron chi connectivity index (χ3n) is 4.19.